The number of rotatable bonds is 4. The summed E-state index contributed by atoms with van der Waals surface area (Å²) >= 11 is 0. The molecule has 0 aliphatic carbocycles. The molecule has 0 spiro atoms. The summed E-state index contributed by atoms with van der Waals surface area (Å²) in [4.78, 5) is 16.4. The number of nitrogens with one attached hydrogen (secondary N) is 1. The van der Waals surface area contributed by atoms with Crippen molar-refractivity contribution in [1.29, 1.82) is 0 Å². The Morgan fingerprint density at radius 1 is 1.12 bits per heavy atom. The van der Waals surface area contributed by atoms with Gasteiger partial charge in [-0.25, -0.2) is 0 Å². The average molecular weight is 353 g/mol. The van der Waals surface area contributed by atoms with Gasteiger partial charge in [0.25, 0.3) is 11.9 Å². The van der Waals surface area contributed by atoms with E-state index >= 15 is 0 Å². The van der Waals surface area contributed by atoms with Crippen LogP contribution in [-0.2, 0) is 11.3 Å². The van der Waals surface area contributed by atoms with Crippen LogP contribution in [0.3, 0.4) is 0 Å². The first kappa shape index (κ1) is 17.2. The van der Waals surface area contributed by atoms with Crippen LogP contribution in [0.5, 0.6) is 0 Å². The smallest absolute Gasteiger partial charge is 0.253 e. The number of amides is 1. The standard InChI is InChI=1S/C17H15F4N3O/c1-9-2-4-10(5-3-9)8-24-7-6-11(17(24)25)22-14-12(18)15(20)23-16(21)13(14)19/h2-5,11H,6-8H2,1H3,(H,22,23). The maximum Gasteiger partial charge on any atom is 0.253 e. The summed E-state index contributed by atoms with van der Waals surface area (Å²) in [5.41, 5.74) is 0.988. The molecule has 3 rings (SSSR count). The number of anilines is 1. The molecule has 1 aromatic heterocycles. The molecule has 2 heterocycles. The SMILES string of the molecule is Cc1ccc(CN2CCC(Nc3c(F)c(F)nc(F)c3F)C2=O)cc1. The molecule has 1 saturated heterocycles. The van der Waals surface area contributed by atoms with Gasteiger partial charge in [0.15, 0.2) is 0 Å². The van der Waals surface area contributed by atoms with E-state index in [9.17, 15) is 22.4 Å². The van der Waals surface area contributed by atoms with Crippen molar-refractivity contribution in [3.05, 3.63) is 58.9 Å². The molecule has 0 saturated carbocycles. The summed E-state index contributed by atoms with van der Waals surface area (Å²) < 4.78 is 53.7. The summed E-state index contributed by atoms with van der Waals surface area (Å²) in [6.45, 7) is 2.66. The number of hydrogen-bond donors (Lipinski definition) is 1. The summed E-state index contributed by atoms with van der Waals surface area (Å²) in [6.07, 6.45) is 0.259. The van der Waals surface area contributed by atoms with Crippen LogP contribution in [0.25, 0.3) is 0 Å². The van der Waals surface area contributed by atoms with Crippen LogP contribution < -0.4 is 5.32 Å². The number of carbonyl (C=O) groups excluding carboxylic acids is 1. The van der Waals surface area contributed by atoms with Gasteiger partial charge in [0.1, 0.15) is 11.7 Å². The summed E-state index contributed by atoms with van der Waals surface area (Å²) in [6, 6.07) is 6.64. The van der Waals surface area contributed by atoms with Crippen molar-refractivity contribution in [3.8, 4) is 0 Å². The first-order valence-corrected chi connectivity index (χ1v) is 7.67. The highest BCUT2D eigenvalue weighted by atomic mass is 19.2. The van der Waals surface area contributed by atoms with Crippen molar-refractivity contribution < 1.29 is 22.4 Å². The molecule has 132 valence electrons. The van der Waals surface area contributed by atoms with Crippen molar-refractivity contribution >= 4 is 11.6 Å². The second-order valence-corrected chi connectivity index (χ2v) is 5.93. The summed E-state index contributed by atoms with van der Waals surface area (Å²) in [5, 5.41) is 2.27. The van der Waals surface area contributed by atoms with E-state index in [1.165, 1.54) is 4.90 Å². The fourth-order valence-corrected chi connectivity index (χ4v) is 2.73. The molecule has 1 aliphatic rings. The fourth-order valence-electron chi connectivity index (χ4n) is 2.73. The molecule has 1 atom stereocenters. The Bertz CT molecular complexity index is 784. The van der Waals surface area contributed by atoms with Gasteiger partial charge >= 0.3 is 0 Å². The minimum absolute atomic E-state index is 0.259. The minimum Gasteiger partial charge on any atom is -0.369 e. The number of pyridine rings is 1. The Hall–Kier alpha value is -2.64. The summed E-state index contributed by atoms with van der Waals surface area (Å²) in [5.74, 6) is -7.21. The Balaban J connectivity index is 1.74. The van der Waals surface area contributed by atoms with Crippen LogP contribution >= 0.6 is 0 Å². The van der Waals surface area contributed by atoms with Gasteiger partial charge in [-0.05, 0) is 18.9 Å². The number of halogens is 4. The maximum atomic E-state index is 13.7. The molecular weight excluding hydrogens is 338 g/mol. The van der Waals surface area contributed by atoms with Crippen molar-refractivity contribution in [2.24, 2.45) is 0 Å². The Kier molecular flexibility index (Phi) is 4.61. The van der Waals surface area contributed by atoms with Crippen molar-refractivity contribution in [3.63, 3.8) is 0 Å². The van der Waals surface area contributed by atoms with E-state index in [1.54, 1.807) is 0 Å². The molecular formula is C17H15F4N3O. The van der Waals surface area contributed by atoms with E-state index in [4.69, 9.17) is 0 Å². The first-order valence-electron chi connectivity index (χ1n) is 7.67. The Labute approximate surface area is 141 Å². The molecule has 0 radical (unpaired) electrons. The van der Waals surface area contributed by atoms with Crippen molar-refractivity contribution in [2.75, 3.05) is 11.9 Å². The number of benzene rings is 1. The number of aryl methyl sites for hydroxylation is 1. The molecule has 1 fully saturated rings. The van der Waals surface area contributed by atoms with E-state index < -0.39 is 41.2 Å². The van der Waals surface area contributed by atoms with Gasteiger partial charge in [0, 0.05) is 13.1 Å². The fraction of sp³-hybridized carbons (Fsp3) is 0.294. The van der Waals surface area contributed by atoms with Gasteiger partial charge in [-0.15, -0.1) is 0 Å². The third-order valence-corrected chi connectivity index (χ3v) is 4.11. The quantitative estimate of drug-likeness (QED) is 0.678. The van der Waals surface area contributed by atoms with Gasteiger partial charge in [-0.1, -0.05) is 29.8 Å². The number of carbonyl (C=O) groups is 1. The molecule has 25 heavy (non-hydrogen) atoms. The average Bonchev–Trinajstić information content (AvgIpc) is 2.92. The highest BCUT2D eigenvalue weighted by molar-refractivity contribution is 5.86. The van der Waals surface area contributed by atoms with E-state index in [0.29, 0.717) is 13.1 Å². The molecule has 1 unspecified atom stereocenters. The minimum atomic E-state index is -1.76. The Morgan fingerprint density at radius 2 is 1.72 bits per heavy atom. The van der Waals surface area contributed by atoms with E-state index in [-0.39, 0.29) is 6.42 Å². The molecule has 1 aliphatic heterocycles. The van der Waals surface area contributed by atoms with Crippen LogP contribution in [0.15, 0.2) is 24.3 Å². The number of nitrogens with zero attached hydrogens (tertiary/aromatic N) is 2. The monoisotopic (exact) mass is 353 g/mol. The number of hydrogen-bond acceptors (Lipinski definition) is 3. The molecule has 8 heteroatoms. The second kappa shape index (κ2) is 6.70. The lowest BCUT2D eigenvalue weighted by molar-refractivity contribution is -0.128. The van der Waals surface area contributed by atoms with E-state index in [1.807, 2.05) is 31.2 Å². The predicted molar refractivity (Wildman–Crippen MR) is 82.7 cm³/mol. The van der Waals surface area contributed by atoms with Crippen LogP contribution in [-0.4, -0.2) is 28.4 Å². The van der Waals surface area contributed by atoms with Crippen molar-refractivity contribution in [1.82, 2.24) is 9.88 Å². The van der Waals surface area contributed by atoms with Gasteiger partial charge in [-0.3, -0.25) is 4.79 Å². The van der Waals surface area contributed by atoms with Gasteiger partial charge in [-0.2, -0.15) is 22.5 Å². The van der Waals surface area contributed by atoms with Crippen molar-refractivity contribution in [2.45, 2.75) is 25.9 Å². The number of aromatic nitrogens is 1. The molecule has 1 amide bonds. The second-order valence-electron chi connectivity index (χ2n) is 5.93. The first-order chi connectivity index (χ1) is 11.9. The molecule has 1 N–H and O–H groups in total. The van der Waals surface area contributed by atoms with Crippen LogP contribution in [0.4, 0.5) is 23.2 Å². The third-order valence-electron chi connectivity index (χ3n) is 4.11. The van der Waals surface area contributed by atoms with Crippen LogP contribution in [0.1, 0.15) is 17.5 Å². The van der Waals surface area contributed by atoms with Gasteiger partial charge in [0.2, 0.25) is 17.5 Å². The molecule has 4 nitrogen and oxygen atoms in total. The molecule has 1 aromatic carbocycles. The maximum absolute atomic E-state index is 13.7. The third kappa shape index (κ3) is 3.42. The topological polar surface area (TPSA) is 45.2 Å². The van der Waals surface area contributed by atoms with Gasteiger partial charge < -0.3 is 10.2 Å². The van der Waals surface area contributed by atoms with E-state index in [2.05, 4.69) is 10.3 Å². The normalized spacial score (nSPS) is 17.2. The lowest BCUT2D eigenvalue weighted by atomic mass is 10.1. The highest BCUT2D eigenvalue weighted by Crippen LogP contribution is 2.26. The molecule has 2 aromatic rings. The predicted octanol–water partition coefficient (Wildman–Crippen LogP) is 3.16. The van der Waals surface area contributed by atoms with Crippen LogP contribution in [0, 0.1) is 30.5 Å². The zero-order chi connectivity index (χ0) is 18.1. The number of likely N-dealkylation sites (tertiary alicyclic amines) is 1. The largest absolute Gasteiger partial charge is 0.369 e. The summed E-state index contributed by atoms with van der Waals surface area (Å²) in [7, 11) is 0. The zero-order valence-corrected chi connectivity index (χ0v) is 13.3. The molecule has 0 bridgehead atoms. The van der Waals surface area contributed by atoms with Gasteiger partial charge in [0.05, 0.1) is 0 Å². The van der Waals surface area contributed by atoms with Crippen LogP contribution in [0.2, 0.25) is 0 Å². The Morgan fingerprint density at radius 3 is 2.32 bits per heavy atom. The lowest BCUT2D eigenvalue weighted by Crippen LogP contribution is -2.33. The highest BCUT2D eigenvalue weighted by Gasteiger charge is 2.34. The zero-order valence-electron chi connectivity index (χ0n) is 13.3. The van der Waals surface area contributed by atoms with E-state index in [0.717, 1.165) is 11.1 Å². The lowest BCUT2D eigenvalue weighted by Gasteiger charge is -2.18.